The zero-order valence-electron chi connectivity index (χ0n) is 9.14. The number of nitrogens with zero attached hydrogens (tertiary/aromatic N) is 1. The Kier molecular flexibility index (Phi) is 2.08. The number of pyridine rings is 1. The molecule has 0 bridgehead atoms. The Morgan fingerprint density at radius 1 is 1.18 bits per heavy atom. The minimum atomic E-state index is -0.0671. The van der Waals surface area contributed by atoms with E-state index >= 15 is 0 Å². The highest BCUT2D eigenvalue weighted by Gasteiger charge is 2.07. The van der Waals surface area contributed by atoms with E-state index in [1.165, 1.54) is 0 Å². The second-order valence-corrected chi connectivity index (χ2v) is 3.67. The first-order valence-corrected chi connectivity index (χ1v) is 5.14. The lowest BCUT2D eigenvalue weighted by atomic mass is 10.1. The molecule has 0 fully saturated rings. The van der Waals surface area contributed by atoms with Crippen LogP contribution in [0.15, 0.2) is 45.9 Å². The van der Waals surface area contributed by atoms with Crippen LogP contribution in [0.1, 0.15) is 0 Å². The van der Waals surface area contributed by atoms with Crippen molar-refractivity contribution in [3.05, 3.63) is 46.9 Å². The highest BCUT2D eigenvalue weighted by atomic mass is 16.5. The SMILES string of the molecule is COc1ccc2oc3cnccc3c(=O)c2c1. The average Bonchev–Trinajstić information content (AvgIpc) is 2.39. The Morgan fingerprint density at radius 3 is 2.88 bits per heavy atom. The van der Waals surface area contributed by atoms with Gasteiger partial charge in [0.2, 0.25) is 5.43 Å². The summed E-state index contributed by atoms with van der Waals surface area (Å²) in [6, 6.07) is 6.82. The number of ether oxygens (including phenoxy) is 1. The summed E-state index contributed by atoms with van der Waals surface area (Å²) in [7, 11) is 1.56. The normalized spacial score (nSPS) is 10.9. The van der Waals surface area contributed by atoms with E-state index in [2.05, 4.69) is 4.98 Å². The minimum Gasteiger partial charge on any atom is -0.497 e. The molecular formula is C13H9NO3. The smallest absolute Gasteiger partial charge is 0.200 e. The molecular weight excluding hydrogens is 218 g/mol. The summed E-state index contributed by atoms with van der Waals surface area (Å²) in [6.07, 6.45) is 3.12. The maximum Gasteiger partial charge on any atom is 0.200 e. The number of fused-ring (bicyclic) bond motifs is 2. The molecule has 84 valence electrons. The van der Waals surface area contributed by atoms with Crippen LogP contribution in [-0.4, -0.2) is 12.1 Å². The van der Waals surface area contributed by atoms with Crippen LogP contribution < -0.4 is 10.2 Å². The molecule has 4 nitrogen and oxygen atoms in total. The topological polar surface area (TPSA) is 52.3 Å². The van der Waals surface area contributed by atoms with E-state index in [0.29, 0.717) is 27.7 Å². The summed E-state index contributed by atoms with van der Waals surface area (Å²) >= 11 is 0. The molecule has 2 heterocycles. The van der Waals surface area contributed by atoms with Crippen LogP contribution >= 0.6 is 0 Å². The third-order valence-corrected chi connectivity index (χ3v) is 2.68. The molecule has 2 aromatic heterocycles. The van der Waals surface area contributed by atoms with Crippen molar-refractivity contribution in [1.29, 1.82) is 0 Å². The quantitative estimate of drug-likeness (QED) is 0.599. The lowest BCUT2D eigenvalue weighted by Gasteiger charge is -2.03. The lowest BCUT2D eigenvalue weighted by Crippen LogP contribution is -2.02. The molecule has 3 rings (SSSR count). The molecule has 1 aromatic carbocycles. The molecule has 0 aliphatic heterocycles. The van der Waals surface area contributed by atoms with E-state index in [4.69, 9.17) is 9.15 Å². The first kappa shape index (κ1) is 9.84. The highest BCUT2D eigenvalue weighted by molar-refractivity contribution is 5.89. The first-order valence-electron chi connectivity index (χ1n) is 5.14. The molecule has 4 heteroatoms. The molecule has 0 N–H and O–H groups in total. The molecule has 3 aromatic rings. The van der Waals surface area contributed by atoms with Crippen molar-refractivity contribution in [2.75, 3.05) is 7.11 Å². The van der Waals surface area contributed by atoms with Crippen LogP contribution in [0, 0.1) is 0 Å². The largest absolute Gasteiger partial charge is 0.497 e. The van der Waals surface area contributed by atoms with Crippen molar-refractivity contribution in [3.63, 3.8) is 0 Å². The summed E-state index contributed by atoms with van der Waals surface area (Å²) in [5.74, 6) is 0.637. The summed E-state index contributed by atoms with van der Waals surface area (Å²) in [5, 5.41) is 1.05. The number of methoxy groups -OCH3 is 1. The van der Waals surface area contributed by atoms with Crippen LogP contribution in [0.5, 0.6) is 5.75 Å². The Bertz CT molecular complexity index is 761. The van der Waals surface area contributed by atoms with E-state index in [0.717, 1.165) is 0 Å². The fourth-order valence-corrected chi connectivity index (χ4v) is 1.81. The van der Waals surface area contributed by atoms with Crippen molar-refractivity contribution in [3.8, 4) is 5.75 Å². The number of aromatic nitrogens is 1. The summed E-state index contributed by atoms with van der Waals surface area (Å²) in [5.41, 5.74) is 0.967. The Hall–Kier alpha value is -2.36. The molecule has 0 aliphatic rings. The van der Waals surface area contributed by atoms with Gasteiger partial charge in [-0.2, -0.15) is 0 Å². The Balaban J connectivity index is 2.51. The van der Waals surface area contributed by atoms with E-state index in [1.807, 2.05) is 0 Å². The van der Waals surface area contributed by atoms with Gasteiger partial charge in [-0.1, -0.05) is 0 Å². The second-order valence-electron chi connectivity index (χ2n) is 3.67. The van der Waals surface area contributed by atoms with Crippen LogP contribution in [0.3, 0.4) is 0 Å². The fraction of sp³-hybridized carbons (Fsp3) is 0.0769. The van der Waals surface area contributed by atoms with Crippen molar-refractivity contribution < 1.29 is 9.15 Å². The number of hydrogen-bond donors (Lipinski definition) is 0. The molecule has 17 heavy (non-hydrogen) atoms. The highest BCUT2D eigenvalue weighted by Crippen LogP contribution is 2.21. The molecule has 0 saturated carbocycles. The number of rotatable bonds is 1. The van der Waals surface area contributed by atoms with Gasteiger partial charge in [-0.05, 0) is 24.3 Å². The van der Waals surface area contributed by atoms with Crippen LogP contribution in [0.2, 0.25) is 0 Å². The van der Waals surface area contributed by atoms with Crippen molar-refractivity contribution in [1.82, 2.24) is 4.98 Å². The van der Waals surface area contributed by atoms with Crippen LogP contribution in [0.4, 0.5) is 0 Å². The van der Waals surface area contributed by atoms with Crippen LogP contribution in [-0.2, 0) is 0 Å². The first-order chi connectivity index (χ1) is 8.29. The Labute approximate surface area is 96.5 Å². The van der Waals surface area contributed by atoms with Gasteiger partial charge in [-0.15, -0.1) is 0 Å². The molecule has 0 aliphatic carbocycles. The number of hydrogen-bond acceptors (Lipinski definition) is 4. The van der Waals surface area contributed by atoms with Gasteiger partial charge < -0.3 is 9.15 Å². The third kappa shape index (κ3) is 1.45. The van der Waals surface area contributed by atoms with Gasteiger partial charge in [0.1, 0.15) is 11.3 Å². The summed E-state index contributed by atoms with van der Waals surface area (Å²) in [6.45, 7) is 0. The average molecular weight is 227 g/mol. The lowest BCUT2D eigenvalue weighted by molar-refractivity contribution is 0.415. The van der Waals surface area contributed by atoms with E-state index in [-0.39, 0.29) is 5.43 Å². The monoisotopic (exact) mass is 227 g/mol. The van der Waals surface area contributed by atoms with Gasteiger partial charge in [-0.25, -0.2) is 0 Å². The van der Waals surface area contributed by atoms with Crippen molar-refractivity contribution in [2.45, 2.75) is 0 Å². The van der Waals surface area contributed by atoms with E-state index in [9.17, 15) is 4.79 Å². The second kappa shape index (κ2) is 3.59. The maximum absolute atomic E-state index is 12.2. The standard InChI is InChI=1S/C13H9NO3/c1-16-8-2-3-11-10(6-8)13(15)9-4-5-14-7-12(9)17-11/h2-7H,1H3. The third-order valence-electron chi connectivity index (χ3n) is 2.68. The van der Waals surface area contributed by atoms with Crippen LogP contribution in [0.25, 0.3) is 21.9 Å². The molecule has 0 spiro atoms. The minimum absolute atomic E-state index is 0.0671. The predicted octanol–water partition coefficient (Wildman–Crippen LogP) is 2.35. The molecule has 0 amide bonds. The molecule has 0 atom stereocenters. The van der Waals surface area contributed by atoms with Gasteiger partial charge in [0, 0.05) is 6.20 Å². The van der Waals surface area contributed by atoms with Gasteiger partial charge in [0.25, 0.3) is 0 Å². The summed E-state index contributed by atoms with van der Waals surface area (Å²) in [4.78, 5) is 16.1. The zero-order valence-corrected chi connectivity index (χ0v) is 9.14. The maximum atomic E-state index is 12.2. The van der Waals surface area contributed by atoms with E-state index in [1.54, 1.807) is 43.8 Å². The zero-order chi connectivity index (χ0) is 11.8. The van der Waals surface area contributed by atoms with Gasteiger partial charge in [0.05, 0.1) is 24.1 Å². The van der Waals surface area contributed by atoms with E-state index < -0.39 is 0 Å². The van der Waals surface area contributed by atoms with Gasteiger partial charge in [-0.3, -0.25) is 9.78 Å². The van der Waals surface area contributed by atoms with Crippen molar-refractivity contribution >= 4 is 21.9 Å². The fourth-order valence-electron chi connectivity index (χ4n) is 1.81. The number of benzene rings is 1. The molecule has 0 unspecified atom stereocenters. The predicted molar refractivity (Wildman–Crippen MR) is 64.3 cm³/mol. The summed E-state index contributed by atoms with van der Waals surface area (Å²) < 4.78 is 10.7. The molecule has 0 saturated heterocycles. The Morgan fingerprint density at radius 2 is 2.06 bits per heavy atom. The molecule has 0 radical (unpaired) electrons. The van der Waals surface area contributed by atoms with Gasteiger partial charge in [0.15, 0.2) is 5.58 Å². The van der Waals surface area contributed by atoms with Gasteiger partial charge >= 0.3 is 0 Å². The van der Waals surface area contributed by atoms with Crippen molar-refractivity contribution in [2.24, 2.45) is 0 Å².